The molecule has 0 aliphatic heterocycles. The molecular weight excluding hydrogens is 248 g/mol. The third-order valence-electron chi connectivity index (χ3n) is 2.69. The molecule has 0 radical (unpaired) electrons. The second-order valence-corrected chi connectivity index (χ2v) is 6.49. The molecule has 0 unspecified atom stereocenters. The minimum atomic E-state index is -0.282. The van der Waals surface area contributed by atoms with Gasteiger partial charge in [-0.25, -0.2) is 4.79 Å². The summed E-state index contributed by atoms with van der Waals surface area (Å²) in [7, 11) is 3.31. The van der Waals surface area contributed by atoms with Gasteiger partial charge in [-0.2, -0.15) is 0 Å². The van der Waals surface area contributed by atoms with E-state index in [1.807, 2.05) is 0 Å². The van der Waals surface area contributed by atoms with Crippen molar-refractivity contribution in [3.8, 4) is 0 Å². The van der Waals surface area contributed by atoms with Crippen LogP contribution in [-0.4, -0.2) is 42.6 Å². The molecule has 0 aliphatic carbocycles. The van der Waals surface area contributed by atoms with Crippen molar-refractivity contribution in [2.75, 3.05) is 20.8 Å². The van der Waals surface area contributed by atoms with E-state index in [1.165, 1.54) is 12.1 Å². The molecule has 106 valence electrons. The zero-order valence-electron chi connectivity index (χ0n) is 11.9. The molecule has 0 amide bonds. The highest BCUT2D eigenvalue weighted by molar-refractivity contribution is 6.35. The zero-order chi connectivity index (χ0) is 13.8. The Morgan fingerprint density at radius 1 is 1.22 bits per heavy atom. The van der Waals surface area contributed by atoms with Crippen molar-refractivity contribution in [1.82, 2.24) is 0 Å². The van der Waals surface area contributed by atoms with Crippen LogP contribution >= 0.6 is 0 Å². The molecule has 0 N–H and O–H groups in total. The average molecular weight is 274 g/mol. The first kappa shape index (κ1) is 17.3. The SMILES string of the molecule is C=C(C)C(=O)OCCCC[SiH2]CCC(OC)OC. The largest absolute Gasteiger partial charge is 0.462 e. The number of unbranched alkanes of at least 4 members (excludes halogenated alkanes) is 1. The van der Waals surface area contributed by atoms with Crippen LogP contribution in [0.1, 0.15) is 26.2 Å². The van der Waals surface area contributed by atoms with Crippen LogP contribution in [0.5, 0.6) is 0 Å². The van der Waals surface area contributed by atoms with Crippen LogP contribution in [0.3, 0.4) is 0 Å². The number of rotatable bonds is 11. The molecule has 0 aromatic carbocycles. The first-order chi connectivity index (χ1) is 8.61. The summed E-state index contributed by atoms with van der Waals surface area (Å²) < 4.78 is 15.3. The number of methoxy groups -OCH3 is 2. The van der Waals surface area contributed by atoms with Crippen molar-refractivity contribution in [2.45, 2.75) is 44.6 Å². The fourth-order valence-electron chi connectivity index (χ4n) is 1.56. The van der Waals surface area contributed by atoms with Gasteiger partial charge in [0.2, 0.25) is 0 Å². The van der Waals surface area contributed by atoms with Gasteiger partial charge < -0.3 is 14.2 Å². The summed E-state index contributed by atoms with van der Waals surface area (Å²) >= 11 is 0. The highest BCUT2D eigenvalue weighted by Crippen LogP contribution is 2.05. The molecule has 0 spiro atoms. The fraction of sp³-hybridized carbons (Fsp3) is 0.769. The van der Waals surface area contributed by atoms with Gasteiger partial charge in [0, 0.05) is 29.3 Å². The van der Waals surface area contributed by atoms with Crippen LogP contribution in [-0.2, 0) is 19.0 Å². The summed E-state index contributed by atoms with van der Waals surface area (Å²) in [4.78, 5) is 11.1. The molecule has 0 saturated heterocycles. The van der Waals surface area contributed by atoms with Crippen LogP contribution in [0, 0.1) is 0 Å². The third-order valence-corrected chi connectivity index (χ3v) is 4.60. The molecule has 0 aromatic rings. The number of hydrogen-bond acceptors (Lipinski definition) is 4. The van der Waals surface area contributed by atoms with E-state index in [1.54, 1.807) is 21.1 Å². The van der Waals surface area contributed by atoms with E-state index in [-0.39, 0.29) is 21.8 Å². The van der Waals surface area contributed by atoms with Crippen LogP contribution < -0.4 is 0 Å². The van der Waals surface area contributed by atoms with E-state index >= 15 is 0 Å². The Kier molecular flexibility index (Phi) is 11.0. The Morgan fingerprint density at radius 2 is 1.89 bits per heavy atom. The lowest BCUT2D eigenvalue weighted by Gasteiger charge is -2.12. The molecule has 0 aliphatic rings. The summed E-state index contributed by atoms with van der Waals surface area (Å²) in [5, 5.41) is 0. The van der Waals surface area contributed by atoms with E-state index < -0.39 is 0 Å². The molecule has 0 fully saturated rings. The minimum absolute atomic E-state index is 0.0312. The molecule has 0 atom stereocenters. The van der Waals surface area contributed by atoms with Gasteiger partial charge in [0.05, 0.1) is 6.61 Å². The minimum Gasteiger partial charge on any atom is -0.462 e. The van der Waals surface area contributed by atoms with Gasteiger partial charge in [-0.1, -0.05) is 25.1 Å². The van der Waals surface area contributed by atoms with Crippen LogP contribution in [0.2, 0.25) is 12.1 Å². The first-order valence-electron chi connectivity index (χ1n) is 6.50. The maximum Gasteiger partial charge on any atom is 0.333 e. The summed E-state index contributed by atoms with van der Waals surface area (Å²) in [6, 6.07) is 2.52. The van der Waals surface area contributed by atoms with Crippen LogP contribution in [0.25, 0.3) is 0 Å². The fourth-order valence-corrected chi connectivity index (χ4v) is 3.25. The number of carbonyl (C=O) groups excluding carboxylic acids is 1. The van der Waals surface area contributed by atoms with Crippen LogP contribution in [0.15, 0.2) is 12.2 Å². The van der Waals surface area contributed by atoms with E-state index in [2.05, 4.69) is 6.58 Å². The number of ether oxygens (including phenoxy) is 3. The monoisotopic (exact) mass is 274 g/mol. The normalized spacial score (nSPS) is 11.3. The maximum absolute atomic E-state index is 11.1. The molecule has 0 saturated carbocycles. The van der Waals surface area contributed by atoms with E-state index in [0.717, 1.165) is 19.3 Å². The van der Waals surface area contributed by atoms with Gasteiger partial charge in [-0.15, -0.1) is 0 Å². The third kappa shape index (κ3) is 9.38. The molecule has 0 bridgehead atoms. The highest BCUT2D eigenvalue weighted by Gasteiger charge is 2.04. The van der Waals surface area contributed by atoms with E-state index in [0.29, 0.717) is 12.2 Å². The smallest absolute Gasteiger partial charge is 0.333 e. The molecule has 0 heterocycles. The maximum atomic E-state index is 11.1. The number of esters is 1. The van der Waals surface area contributed by atoms with Gasteiger partial charge in [-0.3, -0.25) is 0 Å². The predicted octanol–water partition coefficient (Wildman–Crippen LogP) is 1.90. The summed E-state index contributed by atoms with van der Waals surface area (Å²) in [5.41, 5.74) is 0.467. The average Bonchev–Trinajstić information content (AvgIpc) is 2.36. The Hall–Kier alpha value is -0.653. The lowest BCUT2D eigenvalue weighted by Crippen LogP contribution is -2.13. The summed E-state index contributed by atoms with van der Waals surface area (Å²) in [6.07, 6.45) is 3.03. The van der Waals surface area contributed by atoms with Crippen molar-refractivity contribution in [3.63, 3.8) is 0 Å². The predicted molar refractivity (Wildman–Crippen MR) is 75.6 cm³/mol. The van der Waals surface area contributed by atoms with E-state index in [9.17, 15) is 4.79 Å². The zero-order valence-corrected chi connectivity index (χ0v) is 13.3. The lowest BCUT2D eigenvalue weighted by atomic mass is 10.3. The molecule has 0 rings (SSSR count). The van der Waals surface area contributed by atoms with Gasteiger partial charge >= 0.3 is 5.97 Å². The molecule has 5 heteroatoms. The topological polar surface area (TPSA) is 44.8 Å². The second-order valence-electron chi connectivity index (χ2n) is 4.37. The Labute approximate surface area is 113 Å². The van der Waals surface area contributed by atoms with Gasteiger partial charge in [-0.05, 0) is 19.8 Å². The number of carbonyl (C=O) groups is 1. The van der Waals surface area contributed by atoms with Crippen LogP contribution in [0.4, 0.5) is 0 Å². The Bertz CT molecular complexity index is 239. The van der Waals surface area contributed by atoms with Gasteiger partial charge in [0.15, 0.2) is 6.29 Å². The Balaban J connectivity index is 3.26. The molecule has 18 heavy (non-hydrogen) atoms. The van der Waals surface area contributed by atoms with Crippen molar-refractivity contribution < 1.29 is 19.0 Å². The summed E-state index contributed by atoms with van der Waals surface area (Å²) in [5.74, 6) is -0.282. The van der Waals surface area contributed by atoms with Crippen molar-refractivity contribution in [1.29, 1.82) is 0 Å². The second kappa shape index (κ2) is 11.4. The van der Waals surface area contributed by atoms with Gasteiger partial charge in [0.25, 0.3) is 0 Å². The molecular formula is C13H26O4Si. The summed E-state index contributed by atoms with van der Waals surface area (Å²) in [6.45, 7) is 5.71. The number of hydrogen-bond donors (Lipinski definition) is 0. The van der Waals surface area contributed by atoms with Crippen molar-refractivity contribution >= 4 is 15.5 Å². The van der Waals surface area contributed by atoms with Crippen molar-refractivity contribution in [3.05, 3.63) is 12.2 Å². The van der Waals surface area contributed by atoms with Gasteiger partial charge in [0.1, 0.15) is 0 Å². The quantitative estimate of drug-likeness (QED) is 0.190. The highest BCUT2D eigenvalue weighted by atomic mass is 28.2. The lowest BCUT2D eigenvalue weighted by molar-refractivity contribution is -0.139. The molecule has 4 nitrogen and oxygen atoms in total. The standard InChI is InChI=1S/C13H26O4Si/c1-11(2)13(14)17-8-5-6-9-18-10-7-12(15-3)16-4/h12H,1,5-10,18H2,2-4H3. The first-order valence-corrected chi connectivity index (χ1v) is 8.50. The van der Waals surface area contributed by atoms with Crippen molar-refractivity contribution in [2.24, 2.45) is 0 Å². The molecule has 0 aromatic heterocycles. The Morgan fingerprint density at radius 3 is 2.44 bits per heavy atom. The van der Waals surface area contributed by atoms with E-state index in [4.69, 9.17) is 14.2 Å².